The number of terminal acetylenes is 2. The molecule has 3 heterocycles. The van der Waals surface area contributed by atoms with Crippen LogP contribution in [0.4, 0.5) is 9.59 Å². The van der Waals surface area contributed by atoms with Gasteiger partial charge >= 0.3 is 12.2 Å². The summed E-state index contributed by atoms with van der Waals surface area (Å²) in [6.07, 6.45) is 19.1. The Labute approximate surface area is 405 Å². The summed E-state index contributed by atoms with van der Waals surface area (Å²) in [5, 5.41) is 7.09. The molecule has 69 heavy (non-hydrogen) atoms. The van der Waals surface area contributed by atoms with Crippen molar-refractivity contribution in [2.75, 3.05) is 41.5 Å². The number of H-pyrrole nitrogens is 2. The van der Waals surface area contributed by atoms with Crippen molar-refractivity contribution in [2.45, 2.75) is 85.7 Å². The predicted molar refractivity (Wildman–Crippen MR) is 271 cm³/mol. The Kier molecular flexibility index (Phi) is 22.8. The van der Waals surface area contributed by atoms with Crippen LogP contribution in [0.2, 0.25) is 0 Å². The first-order valence-corrected chi connectivity index (χ1v) is 22.6. The number of alkyl carbamates (subject to hydrolysis) is 2. The summed E-state index contributed by atoms with van der Waals surface area (Å²) in [6.45, 7) is 11.3. The van der Waals surface area contributed by atoms with Crippen LogP contribution in [0, 0.1) is 25.7 Å². The largest absolute Gasteiger partial charge is 0.488 e. The Balaban J connectivity index is 0.00000117. The van der Waals surface area contributed by atoms with E-state index < -0.39 is 18.2 Å². The van der Waals surface area contributed by atoms with Gasteiger partial charge in [0.1, 0.15) is 36.6 Å². The van der Waals surface area contributed by atoms with Gasteiger partial charge in [0.15, 0.2) is 0 Å². The van der Waals surface area contributed by atoms with Crippen LogP contribution in [-0.4, -0.2) is 101 Å². The average Bonchev–Trinajstić information content (AvgIpc) is 4.04. The highest BCUT2D eigenvalue weighted by Gasteiger charge is 2.29. The standard InChI is InChI=1S/C44H48N8O7.C3H8.C2H6O.2C2H2/c1-6-17-51(42(54)40(50-44(56)58-5)27-11-9-8-10-12-27)23-37-45-21-35(48-37)29-13-15-31-30(18-29)25-59-36-20-32-28(19-33(31)36)14-16-34-41(32)49-38(47-34)24-52(26(3)7-2)39(53)22-46-43(55)57-4;2*1-3-2;2*1-2/h8-16,18-21,26,40H,6-7,17,22-25H2,1-5H3,(H,45,48)(H,46,55)(H,47,49)(H,50,56);3H2,1-2H3;1-2H3;2*1-2H/t26-,40+;;;;/m0..../s1. The van der Waals surface area contributed by atoms with E-state index in [0.717, 1.165) is 61.9 Å². The fraction of sp³-hybridized carbons (Fsp3) is 0.358. The number of rotatable bonds is 14. The zero-order chi connectivity index (χ0) is 51.0. The highest BCUT2D eigenvalue weighted by atomic mass is 16.5. The smallest absolute Gasteiger partial charge is 0.407 e. The summed E-state index contributed by atoms with van der Waals surface area (Å²) < 4.78 is 20.1. The van der Waals surface area contributed by atoms with Crippen LogP contribution in [0.1, 0.15) is 82.7 Å². The number of benzene rings is 4. The first-order chi connectivity index (χ1) is 33.4. The van der Waals surface area contributed by atoms with Crippen LogP contribution in [-0.2, 0) is 43.5 Å². The van der Waals surface area contributed by atoms with Crippen molar-refractivity contribution in [3.63, 3.8) is 0 Å². The Bertz CT molecular complexity index is 2630. The molecule has 0 radical (unpaired) electrons. The minimum atomic E-state index is -0.917. The molecule has 0 saturated heterocycles. The van der Waals surface area contributed by atoms with Gasteiger partial charge in [-0.15, -0.1) is 25.7 Å². The highest BCUT2D eigenvalue weighted by molar-refractivity contribution is 6.07. The molecule has 2 atom stereocenters. The van der Waals surface area contributed by atoms with Crippen LogP contribution in [0.15, 0.2) is 79.0 Å². The molecule has 16 heteroatoms. The Morgan fingerprint density at radius 3 is 2.14 bits per heavy atom. The molecule has 16 nitrogen and oxygen atoms in total. The van der Waals surface area contributed by atoms with Gasteiger partial charge in [0.25, 0.3) is 0 Å². The van der Waals surface area contributed by atoms with Crippen LogP contribution in [0.5, 0.6) is 5.75 Å². The van der Waals surface area contributed by atoms with Crippen LogP contribution >= 0.6 is 0 Å². The molecule has 2 aromatic heterocycles. The molecule has 0 spiro atoms. The summed E-state index contributed by atoms with van der Waals surface area (Å²) >= 11 is 0. The van der Waals surface area contributed by atoms with E-state index in [0.29, 0.717) is 36.8 Å². The monoisotopic (exact) mass is 943 g/mol. The van der Waals surface area contributed by atoms with Gasteiger partial charge in [-0.05, 0) is 71.7 Å². The van der Waals surface area contributed by atoms with E-state index in [2.05, 4.69) is 92.8 Å². The van der Waals surface area contributed by atoms with Crippen LogP contribution in [0.3, 0.4) is 0 Å². The molecule has 0 aliphatic carbocycles. The third kappa shape index (κ3) is 14.6. The van der Waals surface area contributed by atoms with E-state index in [9.17, 15) is 19.2 Å². The Morgan fingerprint density at radius 2 is 1.51 bits per heavy atom. The number of methoxy groups -OCH3 is 3. The van der Waals surface area contributed by atoms with Gasteiger partial charge in [0.05, 0.1) is 50.2 Å². The van der Waals surface area contributed by atoms with Crippen molar-refractivity contribution >= 4 is 45.8 Å². The van der Waals surface area contributed by atoms with E-state index in [1.165, 1.54) is 20.6 Å². The van der Waals surface area contributed by atoms with Gasteiger partial charge in [0, 0.05) is 37.8 Å². The molecule has 0 saturated carbocycles. The SMILES string of the molecule is C#C.C#C.CCC.CCCN(Cc1ncc(-c2ccc3c(c2)COc2cc4c(ccc5[nH]c(CN(C(=O)CNC(=O)OC)[C@@H](C)CC)nc54)cc2-3)[nH]1)C(=O)[C@H](NC(=O)OC)c1ccccc1.COC. The molecule has 6 aromatic rings. The molecular formula is C53H66N8O8. The number of carbonyl (C=O) groups is 4. The number of imidazole rings is 2. The minimum absolute atomic E-state index is 0.0773. The maximum Gasteiger partial charge on any atom is 0.407 e. The lowest BCUT2D eigenvalue weighted by molar-refractivity contribution is -0.134. The molecular weight excluding hydrogens is 877 g/mol. The second kappa shape index (κ2) is 28.4. The first-order valence-electron chi connectivity index (χ1n) is 22.6. The summed E-state index contributed by atoms with van der Waals surface area (Å²) in [5.41, 5.74) is 7.05. The maximum atomic E-state index is 13.9. The van der Waals surface area contributed by atoms with Gasteiger partial charge < -0.3 is 49.3 Å². The minimum Gasteiger partial charge on any atom is -0.488 e. The van der Waals surface area contributed by atoms with Gasteiger partial charge in [-0.1, -0.05) is 82.6 Å². The van der Waals surface area contributed by atoms with Crippen molar-refractivity contribution in [2.24, 2.45) is 0 Å². The van der Waals surface area contributed by atoms with E-state index in [4.69, 9.17) is 14.5 Å². The molecule has 0 unspecified atom stereocenters. The molecule has 1 aliphatic heterocycles. The summed E-state index contributed by atoms with van der Waals surface area (Å²) in [6, 6.07) is 22.5. The fourth-order valence-electron chi connectivity index (χ4n) is 7.37. The number of hydrogen-bond acceptors (Lipinski definition) is 10. The fourth-order valence-corrected chi connectivity index (χ4v) is 7.37. The third-order valence-corrected chi connectivity index (χ3v) is 10.6. The summed E-state index contributed by atoms with van der Waals surface area (Å²) in [7, 11) is 5.78. The molecule has 4 amide bonds. The molecule has 4 aromatic carbocycles. The number of nitrogens with zero attached hydrogens (tertiary/aromatic N) is 4. The van der Waals surface area contributed by atoms with Crippen LogP contribution in [0.25, 0.3) is 44.2 Å². The normalized spacial score (nSPS) is 11.5. The first kappa shape index (κ1) is 55.5. The van der Waals surface area contributed by atoms with Crippen molar-refractivity contribution in [1.82, 2.24) is 40.4 Å². The number of fused-ring (bicyclic) bond motifs is 6. The Morgan fingerprint density at radius 1 is 0.826 bits per heavy atom. The second-order valence-corrected chi connectivity index (χ2v) is 15.6. The molecule has 7 rings (SSSR count). The molecule has 4 N–H and O–H groups in total. The molecule has 0 fully saturated rings. The number of nitrogens with one attached hydrogen (secondary N) is 4. The van der Waals surface area contributed by atoms with E-state index in [1.54, 1.807) is 42.3 Å². The van der Waals surface area contributed by atoms with Crippen molar-refractivity contribution in [3.05, 3.63) is 102 Å². The van der Waals surface area contributed by atoms with E-state index in [1.807, 2.05) is 63.2 Å². The summed E-state index contributed by atoms with van der Waals surface area (Å²) in [5.74, 6) is 1.49. The lowest BCUT2D eigenvalue weighted by Gasteiger charge is -2.27. The third-order valence-electron chi connectivity index (χ3n) is 10.6. The van der Waals surface area contributed by atoms with Gasteiger partial charge in [-0.25, -0.2) is 19.6 Å². The summed E-state index contributed by atoms with van der Waals surface area (Å²) in [4.78, 5) is 70.6. The maximum absolute atomic E-state index is 13.9. The molecule has 1 aliphatic rings. The zero-order valence-corrected chi connectivity index (χ0v) is 41.2. The van der Waals surface area contributed by atoms with Gasteiger partial charge in [0.2, 0.25) is 11.8 Å². The van der Waals surface area contributed by atoms with Gasteiger partial charge in [-0.2, -0.15) is 0 Å². The van der Waals surface area contributed by atoms with Crippen LogP contribution < -0.4 is 15.4 Å². The van der Waals surface area contributed by atoms with Crippen molar-refractivity contribution in [3.8, 4) is 53.8 Å². The number of carbonyl (C=O) groups excluding carboxylic acids is 4. The average molecular weight is 943 g/mol. The number of amides is 4. The highest BCUT2D eigenvalue weighted by Crippen LogP contribution is 2.42. The second-order valence-electron chi connectivity index (χ2n) is 15.6. The topological polar surface area (TPSA) is 193 Å². The number of ether oxygens (including phenoxy) is 4. The lowest BCUT2D eigenvalue weighted by atomic mass is 9.92. The van der Waals surface area contributed by atoms with Crippen molar-refractivity contribution in [1.29, 1.82) is 0 Å². The zero-order valence-electron chi connectivity index (χ0n) is 41.2. The van der Waals surface area contributed by atoms with Crippen molar-refractivity contribution < 1.29 is 38.1 Å². The predicted octanol–water partition coefficient (Wildman–Crippen LogP) is 9.16. The van der Waals surface area contributed by atoms with E-state index >= 15 is 0 Å². The van der Waals surface area contributed by atoms with Gasteiger partial charge in [-0.3, -0.25) is 9.59 Å². The Hall–Kier alpha value is -7.82. The molecule has 366 valence electrons. The lowest BCUT2D eigenvalue weighted by Crippen LogP contribution is -2.44. The quantitative estimate of drug-likeness (QED) is 0.0766. The number of aromatic nitrogens is 4. The van der Waals surface area contributed by atoms with E-state index in [-0.39, 0.29) is 37.5 Å². The molecule has 0 bridgehead atoms. The number of hydrogen-bond donors (Lipinski definition) is 4. The number of aromatic amines is 2.